The van der Waals surface area contributed by atoms with Gasteiger partial charge in [-0.1, -0.05) is 69.2 Å². The molecule has 0 spiro atoms. The Bertz CT molecular complexity index is 1370. The number of carbonyl (C=O) groups is 2. The van der Waals surface area contributed by atoms with Crippen LogP contribution in [0, 0.1) is 0 Å². The number of carbonyl (C=O) groups excluding carboxylic acids is 1. The van der Waals surface area contributed by atoms with E-state index in [9.17, 15) is 14.7 Å². The minimum atomic E-state index is -1.34. The average molecular weight is 581 g/mol. The minimum absolute atomic E-state index is 0.126. The van der Waals surface area contributed by atoms with Crippen LogP contribution < -0.4 is 5.32 Å². The highest BCUT2D eigenvalue weighted by atomic mass is 16.6. The third-order valence-corrected chi connectivity index (χ3v) is 7.35. The van der Waals surface area contributed by atoms with Crippen molar-refractivity contribution >= 4 is 29.0 Å². The summed E-state index contributed by atoms with van der Waals surface area (Å²) in [5.74, 6) is 0.663. The quantitative estimate of drug-likeness (QED) is 0.135. The molecule has 0 radical (unpaired) electrons. The monoisotopic (exact) mass is 580 g/mol. The third-order valence-electron chi connectivity index (χ3n) is 7.35. The Morgan fingerprint density at radius 3 is 2.57 bits per heavy atom. The number of aryl methyl sites for hydroxylation is 1. The second-order valence-corrected chi connectivity index (χ2v) is 11.9. The number of amides is 2. The molecular weight excluding hydrogens is 536 g/mol. The number of hydrogen-bond acceptors (Lipinski definition) is 6. The minimum Gasteiger partial charge on any atom is -0.465 e. The van der Waals surface area contributed by atoms with Gasteiger partial charge in [0, 0.05) is 30.4 Å². The Morgan fingerprint density at radius 1 is 1.12 bits per heavy atom. The Labute approximate surface area is 247 Å². The molecular formula is C31H44N6O5. The van der Waals surface area contributed by atoms with Gasteiger partial charge in [0.1, 0.15) is 11.6 Å². The Kier molecular flexibility index (Phi) is 10.6. The summed E-state index contributed by atoms with van der Waals surface area (Å²) in [6.45, 7) is 8.82. The number of guanidine groups is 1. The summed E-state index contributed by atoms with van der Waals surface area (Å²) in [6.07, 6.45) is 11.6. The van der Waals surface area contributed by atoms with Crippen molar-refractivity contribution in [1.82, 2.24) is 24.9 Å². The molecule has 42 heavy (non-hydrogen) atoms. The van der Waals surface area contributed by atoms with E-state index in [1.807, 2.05) is 6.07 Å². The molecule has 3 heterocycles. The van der Waals surface area contributed by atoms with Crippen molar-refractivity contribution in [3.05, 3.63) is 36.4 Å². The molecule has 2 N–H and O–H groups in total. The van der Waals surface area contributed by atoms with Crippen molar-refractivity contribution in [2.45, 2.75) is 110 Å². The Balaban J connectivity index is 1.45. The van der Waals surface area contributed by atoms with Gasteiger partial charge in [-0.05, 0) is 57.6 Å². The maximum atomic E-state index is 12.4. The van der Waals surface area contributed by atoms with Crippen LogP contribution >= 0.6 is 0 Å². The van der Waals surface area contributed by atoms with Gasteiger partial charge in [0.15, 0.2) is 0 Å². The van der Waals surface area contributed by atoms with Gasteiger partial charge in [-0.25, -0.2) is 9.59 Å². The molecule has 1 saturated heterocycles. The van der Waals surface area contributed by atoms with E-state index in [0.29, 0.717) is 24.7 Å². The largest absolute Gasteiger partial charge is 0.465 e. The predicted molar refractivity (Wildman–Crippen MR) is 161 cm³/mol. The molecule has 1 aliphatic rings. The van der Waals surface area contributed by atoms with E-state index in [1.54, 1.807) is 25.7 Å². The lowest BCUT2D eigenvalue weighted by molar-refractivity contribution is 0.0600. The van der Waals surface area contributed by atoms with E-state index in [1.165, 1.54) is 44.9 Å². The maximum Gasteiger partial charge on any atom is 0.437 e. The van der Waals surface area contributed by atoms with E-state index in [0.717, 1.165) is 35.9 Å². The predicted octanol–water partition coefficient (Wildman–Crippen LogP) is 7.53. The van der Waals surface area contributed by atoms with Gasteiger partial charge in [0.2, 0.25) is 17.7 Å². The van der Waals surface area contributed by atoms with Crippen molar-refractivity contribution in [2.24, 2.45) is 4.99 Å². The van der Waals surface area contributed by atoms with Gasteiger partial charge in [0.25, 0.3) is 0 Å². The standard InChI is InChI=1S/C31H44N6O5/c1-5-6-7-8-9-10-11-12-18-36-20-17-22-15-16-23(21-25(22)36)26-32-27(42-35-26)24-14-13-19-37(24)28(33-29(38)39)34-30(40)41-31(2,3)4/h15-17,20-21,24H,5-14,18-19H2,1-4H3,(H,38,39)(H,33,34,40). The number of likely N-dealkylation sites (tertiary alicyclic amines) is 1. The summed E-state index contributed by atoms with van der Waals surface area (Å²) in [7, 11) is 0. The van der Waals surface area contributed by atoms with Crippen LogP contribution in [0.2, 0.25) is 0 Å². The number of nitrogens with one attached hydrogen (secondary N) is 1. The molecule has 2 aromatic heterocycles. The molecule has 4 rings (SSSR count). The Hall–Kier alpha value is -3.89. The highest BCUT2D eigenvalue weighted by Gasteiger charge is 2.35. The van der Waals surface area contributed by atoms with E-state index in [-0.39, 0.29) is 5.96 Å². The molecule has 228 valence electrons. The number of rotatable bonds is 11. The highest BCUT2D eigenvalue weighted by Crippen LogP contribution is 2.33. The summed E-state index contributed by atoms with van der Waals surface area (Å²) >= 11 is 0. The van der Waals surface area contributed by atoms with Crippen molar-refractivity contribution < 1.29 is 24.0 Å². The number of nitrogens with zero attached hydrogens (tertiary/aromatic N) is 5. The van der Waals surface area contributed by atoms with Crippen LogP contribution in [0.5, 0.6) is 0 Å². The molecule has 0 bridgehead atoms. The van der Waals surface area contributed by atoms with Crippen LogP contribution in [0.3, 0.4) is 0 Å². The summed E-state index contributed by atoms with van der Waals surface area (Å²) < 4.78 is 13.2. The van der Waals surface area contributed by atoms with Gasteiger partial charge >= 0.3 is 12.2 Å². The Morgan fingerprint density at radius 2 is 1.86 bits per heavy atom. The lowest BCUT2D eigenvalue weighted by atomic mass is 10.1. The maximum absolute atomic E-state index is 12.4. The van der Waals surface area contributed by atoms with Gasteiger partial charge in [0.05, 0.1) is 0 Å². The number of ether oxygens (including phenoxy) is 1. The first-order valence-electron chi connectivity index (χ1n) is 15.2. The lowest BCUT2D eigenvalue weighted by Crippen LogP contribution is -2.44. The molecule has 1 aliphatic heterocycles. The van der Waals surface area contributed by atoms with E-state index in [4.69, 9.17) is 9.26 Å². The molecule has 1 unspecified atom stereocenters. The summed E-state index contributed by atoms with van der Waals surface area (Å²) in [6, 6.07) is 7.82. The fourth-order valence-electron chi connectivity index (χ4n) is 5.33. The van der Waals surface area contributed by atoms with Gasteiger partial charge in [-0.2, -0.15) is 4.98 Å². The molecule has 0 saturated carbocycles. The van der Waals surface area contributed by atoms with E-state index >= 15 is 0 Å². The SMILES string of the molecule is CCCCCCCCCCn1ccc2ccc(-c3noc(C4CCCN4C(=NC(=O)OC(C)(C)C)NC(=O)O)n3)cc21. The number of benzene rings is 1. The van der Waals surface area contributed by atoms with Gasteiger partial charge in [-0.3, -0.25) is 5.32 Å². The molecule has 2 amide bonds. The first-order valence-corrected chi connectivity index (χ1v) is 15.2. The summed E-state index contributed by atoms with van der Waals surface area (Å²) in [5, 5.41) is 17.0. The molecule has 11 heteroatoms. The average Bonchev–Trinajstić information content (AvgIpc) is 3.68. The van der Waals surface area contributed by atoms with Crippen molar-refractivity contribution in [2.75, 3.05) is 6.54 Å². The van der Waals surface area contributed by atoms with Crippen LogP contribution in [0.1, 0.15) is 104 Å². The number of aromatic nitrogens is 3. The lowest BCUT2D eigenvalue weighted by Gasteiger charge is -2.25. The number of carboxylic acid groups (broad SMARTS) is 1. The molecule has 1 aromatic carbocycles. The van der Waals surface area contributed by atoms with E-state index < -0.39 is 23.8 Å². The van der Waals surface area contributed by atoms with Gasteiger partial charge in [-0.15, -0.1) is 4.99 Å². The van der Waals surface area contributed by atoms with Crippen LogP contribution in [0.15, 0.2) is 40.0 Å². The fraction of sp³-hybridized carbons (Fsp3) is 0.581. The smallest absolute Gasteiger partial charge is 0.437 e. The second kappa shape index (κ2) is 14.3. The summed E-state index contributed by atoms with van der Waals surface area (Å²) in [5.41, 5.74) is 1.20. The van der Waals surface area contributed by atoms with Crippen molar-refractivity contribution in [3.63, 3.8) is 0 Å². The zero-order chi connectivity index (χ0) is 30.1. The number of unbranched alkanes of at least 4 members (excludes halogenated alkanes) is 7. The number of fused-ring (bicyclic) bond motifs is 1. The van der Waals surface area contributed by atoms with Crippen LogP contribution in [0.4, 0.5) is 9.59 Å². The van der Waals surface area contributed by atoms with Crippen LogP contribution in [-0.4, -0.2) is 55.0 Å². The highest BCUT2D eigenvalue weighted by molar-refractivity contribution is 5.98. The number of hydrogen-bond donors (Lipinski definition) is 2. The molecule has 1 fully saturated rings. The van der Waals surface area contributed by atoms with E-state index in [2.05, 4.69) is 56.3 Å². The zero-order valence-electron chi connectivity index (χ0n) is 25.3. The molecule has 0 aliphatic carbocycles. The first kappa shape index (κ1) is 31.1. The van der Waals surface area contributed by atoms with Crippen molar-refractivity contribution in [1.29, 1.82) is 0 Å². The first-order chi connectivity index (χ1) is 20.1. The van der Waals surface area contributed by atoms with Crippen molar-refractivity contribution in [3.8, 4) is 11.4 Å². The normalized spacial score (nSPS) is 15.9. The van der Waals surface area contributed by atoms with Crippen LogP contribution in [0.25, 0.3) is 22.3 Å². The summed E-state index contributed by atoms with van der Waals surface area (Å²) in [4.78, 5) is 34.1. The number of aliphatic imine (C=N–C) groups is 1. The second-order valence-electron chi connectivity index (χ2n) is 11.9. The topological polar surface area (TPSA) is 135 Å². The molecule has 1 atom stereocenters. The van der Waals surface area contributed by atoms with Crippen LogP contribution in [-0.2, 0) is 11.3 Å². The molecule has 3 aromatic rings. The third kappa shape index (κ3) is 8.56. The van der Waals surface area contributed by atoms with Gasteiger partial charge < -0.3 is 23.8 Å². The fourth-order valence-corrected chi connectivity index (χ4v) is 5.33. The molecule has 11 nitrogen and oxygen atoms in total. The zero-order valence-corrected chi connectivity index (χ0v) is 25.3.